The summed E-state index contributed by atoms with van der Waals surface area (Å²) < 4.78 is 0. The third-order valence-corrected chi connectivity index (χ3v) is 2.91. The summed E-state index contributed by atoms with van der Waals surface area (Å²) in [6.45, 7) is 7.92. The van der Waals surface area contributed by atoms with Gasteiger partial charge in [-0.1, -0.05) is 65.0 Å². The molecular formula is C15H31N. The molecule has 0 amide bonds. The van der Waals surface area contributed by atoms with E-state index in [2.05, 4.69) is 38.2 Å². The van der Waals surface area contributed by atoms with Crippen molar-refractivity contribution in [2.45, 2.75) is 78.2 Å². The van der Waals surface area contributed by atoms with Crippen LogP contribution in [0.4, 0.5) is 0 Å². The first-order chi connectivity index (χ1) is 7.85. The minimum absolute atomic E-state index is 0.613. The average Bonchev–Trinajstić information content (AvgIpc) is 2.31. The van der Waals surface area contributed by atoms with Crippen molar-refractivity contribution in [2.75, 3.05) is 6.54 Å². The zero-order chi connectivity index (χ0) is 12.1. The van der Waals surface area contributed by atoms with E-state index < -0.39 is 0 Å². The van der Waals surface area contributed by atoms with Crippen LogP contribution in [-0.2, 0) is 0 Å². The van der Waals surface area contributed by atoms with Gasteiger partial charge in [-0.3, -0.25) is 0 Å². The first-order valence-corrected chi connectivity index (χ1v) is 7.25. The molecule has 0 saturated carbocycles. The minimum Gasteiger partial charge on any atom is -0.311 e. The Balaban J connectivity index is 3.60. The van der Waals surface area contributed by atoms with Crippen molar-refractivity contribution in [2.24, 2.45) is 0 Å². The zero-order valence-corrected chi connectivity index (χ0v) is 11.6. The monoisotopic (exact) mass is 225 g/mol. The smallest absolute Gasteiger partial charge is 0.0249 e. The second-order valence-electron chi connectivity index (χ2n) is 4.60. The van der Waals surface area contributed by atoms with Crippen LogP contribution in [0.2, 0.25) is 0 Å². The molecule has 0 radical (unpaired) electrons. The van der Waals surface area contributed by atoms with E-state index in [1.807, 2.05) is 0 Å². The quantitative estimate of drug-likeness (QED) is 0.397. The van der Waals surface area contributed by atoms with Gasteiger partial charge in [0, 0.05) is 6.04 Å². The van der Waals surface area contributed by atoms with Crippen LogP contribution in [0.25, 0.3) is 0 Å². The highest BCUT2D eigenvalue weighted by Gasteiger charge is 2.02. The van der Waals surface area contributed by atoms with Crippen LogP contribution in [0.15, 0.2) is 12.2 Å². The van der Waals surface area contributed by atoms with Crippen LogP contribution in [0.3, 0.4) is 0 Å². The van der Waals surface area contributed by atoms with Crippen molar-refractivity contribution in [3.05, 3.63) is 12.2 Å². The predicted molar refractivity (Wildman–Crippen MR) is 74.9 cm³/mol. The van der Waals surface area contributed by atoms with E-state index in [1.54, 1.807) is 0 Å². The Labute approximate surface area is 103 Å². The number of unbranched alkanes of at least 4 members (excludes halogenated alkanes) is 4. The molecule has 0 fully saturated rings. The van der Waals surface area contributed by atoms with Gasteiger partial charge in [0.15, 0.2) is 0 Å². The first kappa shape index (κ1) is 15.7. The van der Waals surface area contributed by atoms with Crippen molar-refractivity contribution in [3.63, 3.8) is 0 Å². The Morgan fingerprint density at radius 1 is 0.938 bits per heavy atom. The number of allylic oxidation sites excluding steroid dienone is 1. The summed E-state index contributed by atoms with van der Waals surface area (Å²) in [6.07, 6.45) is 15.1. The van der Waals surface area contributed by atoms with Gasteiger partial charge in [-0.25, -0.2) is 0 Å². The second-order valence-corrected chi connectivity index (χ2v) is 4.60. The molecule has 0 aliphatic heterocycles. The number of hydrogen-bond acceptors (Lipinski definition) is 1. The van der Waals surface area contributed by atoms with Crippen LogP contribution >= 0.6 is 0 Å². The molecule has 1 atom stereocenters. The molecule has 1 heteroatoms. The molecule has 0 saturated heterocycles. The standard InChI is InChI=1S/C15H31N/c1-4-7-10-11-14-16-15(12-8-5-2)13-9-6-3/h8,12,15-16H,4-7,9-11,13-14H2,1-3H3/b12-8-. The van der Waals surface area contributed by atoms with Gasteiger partial charge in [0.2, 0.25) is 0 Å². The highest BCUT2D eigenvalue weighted by molar-refractivity contribution is 4.92. The molecule has 0 heterocycles. The van der Waals surface area contributed by atoms with Crippen LogP contribution in [0, 0.1) is 0 Å². The maximum absolute atomic E-state index is 3.66. The lowest BCUT2D eigenvalue weighted by Gasteiger charge is -2.14. The third kappa shape index (κ3) is 10.2. The van der Waals surface area contributed by atoms with Gasteiger partial charge < -0.3 is 5.32 Å². The average molecular weight is 225 g/mol. The summed E-state index contributed by atoms with van der Waals surface area (Å²) >= 11 is 0. The van der Waals surface area contributed by atoms with Crippen LogP contribution in [0.5, 0.6) is 0 Å². The van der Waals surface area contributed by atoms with Gasteiger partial charge >= 0.3 is 0 Å². The Hall–Kier alpha value is -0.300. The van der Waals surface area contributed by atoms with Crippen LogP contribution < -0.4 is 5.32 Å². The Morgan fingerprint density at radius 2 is 1.69 bits per heavy atom. The maximum atomic E-state index is 3.66. The van der Waals surface area contributed by atoms with Crippen molar-refractivity contribution in [1.82, 2.24) is 5.32 Å². The lowest BCUT2D eigenvalue weighted by atomic mass is 10.1. The molecule has 0 aliphatic carbocycles. The summed E-state index contributed by atoms with van der Waals surface area (Å²) in [7, 11) is 0. The van der Waals surface area contributed by atoms with Gasteiger partial charge in [0.1, 0.15) is 0 Å². The van der Waals surface area contributed by atoms with E-state index in [4.69, 9.17) is 0 Å². The second kappa shape index (κ2) is 12.8. The summed E-state index contributed by atoms with van der Waals surface area (Å²) in [5.74, 6) is 0. The van der Waals surface area contributed by atoms with Crippen molar-refractivity contribution in [1.29, 1.82) is 0 Å². The minimum atomic E-state index is 0.613. The fourth-order valence-corrected chi connectivity index (χ4v) is 1.83. The summed E-state index contributed by atoms with van der Waals surface area (Å²) in [5.41, 5.74) is 0. The van der Waals surface area contributed by atoms with E-state index in [0.717, 1.165) is 6.42 Å². The fourth-order valence-electron chi connectivity index (χ4n) is 1.83. The first-order valence-electron chi connectivity index (χ1n) is 7.25. The van der Waals surface area contributed by atoms with Gasteiger partial charge in [0.05, 0.1) is 0 Å². The summed E-state index contributed by atoms with van der Waals surface area (Å²) in [4.78, 5) is 0. The molecule has 0 aromatic rings. The van der Waals surface area contributed by atoms with E-state index in [0.29, 0.717) is 6.04 Å². The number of rotatable bonds is 11. The van der Waals surface area contributed by atoms with E-state index in [-0.39, 0.29) is 0 Å². The lowest BCUT2D eigenvalue weighted by Crippen LogP contribution is -2.28. The molecule has 1 unspecified atom stereocenters. The molecule has 0 rings (SSSR count). The van der Waals surface area contributed by atoms with Crippen molar-refractivity contribution >= 4 is 0 Å². The molecule has 0 bridgehead atoms. The molecule has 0 aromatic heterocycles. The number of nitrogens with one attached hydrogen (secondary N) is 1. The molecule has 0 spiro atoms. The van der Waals surface area contributed by atoms with Gasteiger partial charge in [-0.2, -0.15) is 0 Å². The topological polar surface area (TPSA) is 12.0 Å². The van der Waals surface area contributed by atoms with Gasteiger partial charge in [-0.05, 0) is 25.8 Å². The third-order valence-electron chi connectivity index (χ3n) is 2.91. The normalized spacial score (nSPS) is 13.4. The van der Waals surface area contributed by atoms with Crippen molar-refractivity contribution in [3.8, 4) is 0 Å². The van der Waals surface area contributed by atoms with Crippen molar-refractivity contribution < 1.29 is 0 Å². The molecule has 96 valence electrons. The highest BCUT2D eigenvalue weighted by Crippen LogP contribution is 2.04. The lowest BCUT2D eigenvalue weighted by molar-refractivity contribution is 0.511. The van der Waals surface area contributed by atoms with Crippen LogP contribution in [0.1, 0.15) is 72.1 Å². The summed E-state index contributed by atoms with van der Waals surface area (Å²) in [6, 6.07) is 0.613. The molecule has 1 N–H and O–H groups in total. The zero-order valence-electron chi connectivity index (χ0n) is 11.6. The Morgan fingerprint density at radius 3 is 2.31 bits per heavy atom. The molecule has 16 heavy (non-hydrogen) atoms. The fraction of sp³-hybridized carbons (Fsp3) is 0.867. The molecular weight excluding hydrogens is 194 g/mol. The highest BCUT2D eigenvalue weighted by atomic mass is 14.9. The Bertz CT molecular complexity index is 152. The van der Waals surface area contributed by atoms with E-state index in [9.17, 15) is 0 Å². The maximum Gasteiger partial charge on any atom is 0.0249 e. The molecule has 0 aliphatic rings. The summed E-state index contributed by atoms with van der Waals surface area (Å²) in [5, 5.41) is 3.66. The molecule has 0 aromatic carbocycles. The largest absolute Gasteiger partial charge is 0.311 e. The Kier molecular flexibility index (Phi) is 12.5. The number of hydrogen-bond donors (Lipinski definition) is 1. The van der Waals surface area contributed by atoms with Crippen LogP contribution in [-0.4, -0.2) is 12.6 Å². The predicted octanol–water partition coefficient (Wildman–Crippen LogP) is 4.68. The molecule has 1 nitrogen and oxygen atoms in total. The van der Waals surface area contributed by atoms with E-state index in [1.165, 1.54) is 51.5 Å². The van der Waals surface area contributed by atoms with Gasteiger partial charge in [-0.15, -0.1) is 0 Å². The SMILES string of the molecule is CC/C=C\C(CCCC)NCCCCCC. The van der Waals surface area contributed by atoms with E-state index >= 15 is 0 Å². The van der Waals surface area contributed by atoms with Gasteiger partial charge in [0.25, 0.3) is 0 Å².